The maximum absolute atomic E-state index is 12.5. The minimum Gasteiger partial charge on any atom is -0.361 e. The monoisotopic (exact) mass is 460 g/mol. The maximum Gasteiger partial charge on any atom is 0.270 e. The van der Waals surface area contributed by atoms with Gasteiger partial charge in [0.15, 0.2) is 0 Å². The highest BCUT2D eigenvalue weighted by molar-refractivity contribution is 6.03. The van der Waals surface area contributed by atoms with E-state index in [0.29, 0.717) is 11.4 Å². The molecule has 0 aliphatic carbocycles. The quantitative estimate of drug-likeness (QED) is 0.340. The SMILES string of the molecule is O=C1NC(c2ccc(C3NC(=O)c4cc([N+](=O)[O-])ccc4N3)cc2)Nc2ccc([N+](=O)[O-])cc21. The summed E-state index contributed by atoms with van der Waals surface area (Å²) in [4.78, 5) is 45.8. The summed E-state index contributed by atoms with van der Waals surface area (Å²) in [5, 5.41) is 33.8. The van der Waals surface area contributed by atoms with Gasteiger partial charge in [-0.15, -0.1) is 0 Å². The molecule has 2 aliphatic rings. The zero-order valence-electron chi connectivity index (χ0n) is 17.3. The Morgan fingerprint density at radius 3 is 1.32 bits per heavy atom. The van der Waals surface area contributed by atoms with Gasteiger partial charge in [-0.2, -0.15) is 0 Å². The molecule has 2 aliphatic heterocycles. The van der Waals surface area contributed by atoms with Crippen molar-refractivity contribution in [2.75, 3.05) is 10.6 Å². The van der Waals surface area contributed by atoms with Crippen molar-refractivity contribution < 1.29 is 19.4 Å². The molecule has 0 saturated heterocycles. The van der Waals surface area contributed by atoms with E-state index in [0.717, 1.165) is 11.1 Å². The smallest absolute Gasteiger partial charge is 0.270 e. The van der Waals surface area contributed by atoms with E-state index in [9.17, 15) is 29.8 Å². The number of fused-ring (bicyclic) bond motifs is 2. The largest absolute Gasteiger partial charge is 0.361 e. The lowest BCUT2D eigenvalue weighted by Gasteiger charge is -2.30. The van der Waals surface area contributed by atoms with Crippen LogP contribution in [-0.2, 0) is 0 Å². The van der Waals surface area contributed by atoms with Crippen molar-refractivity contribution in [3.63, 3.8) is 0 Å². The summed E-state index contributed by atoms with van der Waals surface area (Å²) in [6.07, 6.45) is -1.10. The maximum atomic E-state index is 12.5. The van der Waals surface area contributed by atoms with Crippen molar-refractivity contribution in [2.45, 2.75) is 12.3 Å². The van der Waals surface area contributed by atoms with Crippen LogP contribution in [0.5, 0.6) is 0 Å². The van der Waals surface area contributed by atoms with Crippen LogP contribution in [-0.4, -0.2) is 21.7 Å². The lowest BCUT2D eigenvalue weighted by molar-refractivity contribution is -0.385. The Balaban J connectivity index is 1.34. The van der Waals surface area contributed by atoms with Gasteiger partial charge in [-0.25, -0.2) is 0 Å². The molecule has 12 heteroatoms. The highest BCUT2D eigenvalue weighted by Gasteiger charge is 2.29. The Hall–Kier alpha value is -5.00. The first-order valence-corrected chi connectivity index (χ1v) is 10.1. The molecular formula is C22H16N6O6. The summed E-state index contributed by atoms with van der Waals surface area (Å²) in [6, 6.07) is 15.2. The van der Waals surface area contributed by atoms with E-state index in [-0.39, 0.29) is 22.5 Å². The third kappa shape index (κ3) is 3.62. The summed E-state index contributed by atoms with van der Waals surface area (Å²) >= 11 is 0. The molecule has 0 bridgehead atoms. The molecule has 2 unspecified atom stereocenters. The zero-order valence-corrected chi connectivity index (χ0v) is 17.3. The molecule has 3 aromatic carbocycles. The summed E-state index contributed by atoms with van der Waals surface area (Å²) < 4.78 is 0. The van der Waals surface area contributed by atoms with Crippen LogP contribution in [0.1, 0.15) is 44.2 Å². The van der Waals surface area contributed by atoms with E-state index in [1.807, 2.05) is 0 Å². The Bertz CT molecular complexity index is 1270. The van der Waals surface area contributed by atoms with Crippen molar-refractivity contribution in [2.24, 2.45) is 0 Å². The molecule has 4 N–H and O–H groups in total. The fraction of sp³-hybridized carbons (Fsp3) is 0.0909. The Kier molecular flexibility index (Phi) is 4.82. The van der Waals surface area contributed by atoms with Crippen LogP contribution < -0.4 is 21.3 Å². The first kappa shape index (κ1) is 20.9. The number of hydrogen-bond donors (Lipinski definition) is 4. The number of rotatable bonds is 4. The molecular weight excluding hydrogens is 444 g/mol. The van der Waals surface area contributed by atoms with Gasteiger partial charge in [0.05, 0.1) is 21.0 Å². The predicted octanol–water partition coefficient (Wildman–Crippen LogP) is 3.21. The molecule has 170 valence electrons. The number of benzene rings is 3. The lowest BCUT2D eigenvalue weighted by Crippen LogP contribution is -2.39. The number of nitro benzene ring substituents is 2. The van der Waals surface area contributed by atoms with Gasteiger partial charge in [-0.1, -0.05) is 24.3 Å². The molecule has 0 spiro atoms. The number of anilines is 2. The van der Waals surface area contributed by atoms with Gasteiger partial charge in [-0.3, -0.25) is 29.8 Å². The molecule has 2 atom stereocenters. The Morgan fingerprint density at radius 2 is 0.971 bits per heavy atom. The zero-order chi connectivity index (χ0) is 24.0. The minimum absolute atomic E-state index is 0.170. The second kappa shape index (κ2) is 7.85. The Labute approximate surface area is 191 Å². The second-order valence-electron chi connectivity index (χ2n) is 7.74. The van der Waals surface area contributed by atoms with Crippen LogP contribution in [0.3, 0.4) is 0 Å². The third-order valence-electron chi connectivity index (χ3n) is 5.67. The molecule has 0 aromatic heterocycles. The topological polar surface area (TPSA) is 169 Å². The highest BCUT2D eigenvalue weighted by Crippen LogP contribution is 2.32. The fourth-order valence-corrected chi connectivity index (χ4v) is 3.93. The van der Waals surface area contributed by atoms with Gasteiger partial charge in [0.25, 0.3) is 23.2 Å². The number of amides is 2. The van der Waals surface area contributed by atoms with Crippen LogP contribution >= 0.6 is 0 Å². The highest BCUT2D eigenvalue weighted by atomic mass is 16.6. The number of non-ortho nitro benzene ring substituents is 2. The van der Waals surface area contributed by atoms with E-state index in [2.05, 4.69) is 21.3 Å². The molecule has 34 heavy (non-hydrogen) atoms. The molecule has 0 fully saturated rings. The normalized spacial score (nSPS) is 18.4. The number of nitro groups is 2. The molecule has 5 rings (SSSR count). The number of hydrogen-bond acceptors (Lipinski definition) is 8. The van der Waals surface area contributed by atoms with Gasteiger partial charge < -0.3 is 21.3 Å². The molecule has 2 heterocycles. The van der Waals surface area contributed by atoms with E-state index in [1.54, 1.807) is 24.3 Å². The van der Waals surface area contributed by atoms with E-state index < -0.39 is 34.0 Å². The number of nitrogens with zero attached hydrogens (tertiary/aromatic N) is 2. The first-order chi connectivity index (χ1) is 16.3. The van der Waals surface area contributed by atoms with Crippen molar-refractivity contribution >= 4 is 34.6 Å². The van der Waals surface area contributed by atoms with E-state index in [4.69, 9.17) is 0 Å². The molecule has 3 aromatic rings. The van der Waals surface area contributed by atoms with Crippen molar-refractivity contribution in [1.82, 2.24) is 10.6 Å². The summed E-state index contributed by atoms with van der Waals surface area (Å²) in [6.45, 7) is 0. The van der Waals surface area contributed by atoms with Crippen LogP contribution in [0.2, 0.25) is 0 Å². The van der Waals surface area contributed by atoms with E-state index >= 15 is 0 Å². The average molecular weight is 460 g/mol. The van der Waals surface area contributed by atoms with E-state index in [1.165, 1.54) is 36.4 Å². The van der Waals surface area contributed by atoms with Gasteiger partial charge in [0.2, 0.25) is 0 Å². The lowest BCUT2D eigenvalue weighted by atomic mass is 10.0. The third-order valence-corrected chi connectivity index (χ3v) is 5.67. The molecule has 2 amide bonds. The van der Waals surface area contributed by atoms with Crippen LogP contribution in [0.15, 0.2) is 60.7 Å². The number of carbonyl (C=O) groups is 2. The van der Waals surface area contributed by atoms with Crippen molar-refractivity contribution in [3.8, 4) is 0 Å². The first-order valence-electron chi connectivity index (χ1n) is 10.1. The summed E-state index contributed by atoms with van der Waals surface area (Å²) in [5.74, 6) is -0.864. The van der Waals surface area contributed by atoms with Gasteiger partial charge >= 0.3 is 0 Å². The van der Waals surface area contributed by atoms with Gasteiger partial charge in [0.1, 0.15) is 12.3 Å². The van der Waals surface area contributed by atoms with Crippen LogP contribution in [0.25, 0.3) is 0 Å². The van der Waals surface area contributed by atoms with Crippen molar-refractivity contribution in [1.29, 1.82) is 0 Å². The average Bonchev–Trinajstić information content (AvgIpc) is 2.83. The van der Waals surface area contributed by atoms with Gasteiger partial charge in [-0.05, 0) is 23.3 Å². The summed E-state index contributed by atoms with van der Waals surface area (Å²) in [5.41, 5.74) is 2.47. The fourth-order valence-electron chi connectivity index (χ4n) is 3.93. The number of nitrogens with one attached hydrogen (secondary N) is 4. The Morgan fingerprint density at radius 1 is 0.588 bits per heavy atom. The predicted molar refractivity (Wildman–Crippen MR) is 120 cm³/mol. The van der Waals surface area contributed by atoms with Gasteiger partial charge in [0, 0.05) is 35.6 Å². The molecule has 12 nitrogen and oxygen atoms in total. The standard InChI is InChI=1S/C22H16N6O6/c29-21-15-9-13(27(31)32)5-7-17(15)23-19(25-21)11-1-2-12(4-3-11)20-24-18-8-6-14(28(33)34)10-16(18)22(30)26-20/h1-10,19-20,23-24H,(H,25,29)(H,26,30). The molecule has 0 radical (unpaired) electrons. The summed E-state index contributed by atoms with van der Waals surface area (Å²) in [7, 11) is 0. The van der Waals surface area contributed by atoms with Crippen LogP contribution in [0, 0.1) is 20.2 Å². The second-order valence-corrected chi connectivity index (χ2v) is 7.74. The minimum atomic E-state index is -0.559. The molecule has 0 saturated carbocycles. The van der Waals surface area contributed by atoms with Crippen molar-refractivity contribution in [3.05, 3.63) is 103 Å². The number of carbonyl (C=O) groups excluding carboxylic acids is 2. The van der Waals surface area contributed by atoms with Crippen LogP contribution in [0.4, 0.5) is 22.7 Å².